The number of thiazole rings is 1. The molecule has 0 aliphatic rings. The summed E-state index contributed by atoms with van der Waals surface area (Å²) in [6.07, 6.45) is 3.22. The Bertz CT molecular complexity index is 1130. The lowest BCUT2D eigenvalue weighted by molar-refractivity contribution is -0.113. The second-order valence-corrected chi connectivity index (χ2v) is 7.77. The summed E-state index contributed by atoms with van der Waals surface area (Å²) in [5, 5.41) is 0.650. The topological polar surface area (TPSA) is 46.3 Å². The minimum Gasteiger partial charge on any atom is -0.462 e. The summed E-state index contributed by atoms with van der Waals surface area (Å²) in [6.45, 7) is 5.93. The predicted octanol–water partition coefficient (Wildman–Crippen LogP) is 6.19. The molecule has 0 saturated heterocycles. The van der Waals surface area contributed by atoms with E-state index in [9.17, 15) is 4.79 Å². The van der Waals surface area contributed by atoms with Crippen molar-refractivity contribution < 1.29 is 9.21 Å². The van der Waals surface area contributed by atoms with Gasteiger partial charge in [-0.2, -0.15) is 0 Å². The van der Waals surface area contributed by atoms with Crippen molar-refractivity contribution in [1.29, 1.82) is 0 Å². The molecule has 5 heteroatoms. The van der Waals surface area contributed by atoms with Crippen molar-refractivity contribution in [2.45, 2.75) is 20.8 Å². The summed E-state index contributed by atoms with van der Waals surface area (Å²) >= 11 is 1.50. The van der Waals surface area contributed by atoms with E-state index in [2.05, 4.69) is 6.07 Å². The number of rotatable bonds is 4. The Kier molecular flexibility index (Phi) is 4.84. The maximum Gasteiger partial charge on any atom is 0.257 e. The Balaban J connectivity index is 1.78. The summed E-state index contributed by atoms with van der Waals surface area (Å²) in [4.78, 5) is 19.5. The number of hydrogen-bond donors (Lipinski definition) is 0. The Morgan fingerprint density at radius 1 is 1.04 bits per heavy atom. The molecular weight excluding hydrogens is 368 g/mol. The number of anilines is 2. The molecule has 4 aromatic rings. The van der Waals surface area contributed by atoms with Crippen LogP contribution in [0, 0.1) is 20.8 Å². The molecule has 2 aromatic heterocycles. The lowest BCUT2D eigenvalue weighted by Crippen LogP contribution is -2.23. The smallest absolute Gasteiger partial charge is 0.257 e. The van der Waals surface area contributed by atoms with Gasteiger partial charge in [0, 0.05) is 6.08 Å². The molecule has 140 valence electrons. The lowest BCUT2D eigenvalue weighted by Gasteiger charge is -2.19. The fraction of sp³-hybridized carbons (Fsp3) is 0.130. The summed E-state index contributed by atoms with van der Waals surface area (Å²) in [5.41, 5.74) is 3.89. The van der Waals surface area contributed by atoms with E-state index < -0.39 is 0 Å². The highest BCUT2D eigenvalue weighted by Crippen LogP contribution is 2.34. The van der Waals surface area contributed by atoms with Crippen LogP contribution in [0.25, 0.3) is 16.3 Å². The normalized spacial score (nSPS) is 11.4. The highest BCUT2D eigenvalue weighted by molar-refractivity contribution is 7.22. The average Bonchev–Trinajstić information content (AvgIpc) is 3.25. The fourth-order valence-electron chi connectivity index (χ4n) is 3.14. The zero-order chi connectivity index (χ0) is 19.7. The zero-order valence-corrected chi connectivity index (χ0v) is 16.8. The van der Waals surface area contributed by atoms with Crippen LogP contribution in [0.4, 0.5) is 10.8 Å². The van der Waals surface area contributed by atoms with Crippen molar-refractivity contribution in [2.75, 3.05) is 4.90 Å². The van der Waals surface area contributed by atoms with Crippen molar-refractivity contribution in [1.82, 2.24) is 4.98 Å². The van der Waals surface area contributed by atoms with E-state index in [1.807, 2.05) is 69.3 Å². The van der Waals surface area contributed by atoms with Crippen LogP contribution in [0.3, 0.4) is 0 Å². The molecule has 0 aliphatic carbocycles. The van der Waals surface area contributed by atoms with Gasteiger partial charge in [-0.3, -0.25) is 9.69 Å². The van der Waals surface area contributed by atoms with Crippen molar-refractivity contribution in [3.05, 3.63) is 83.3 Å². The van der Waals surface area contributed by atoms with Gasteiger partial charge >= 0.3 is 0 Å². The van der Waals surface area contributed by atoms with Crippen molar-refractivity contribution in [3.63, 3.8) is 0 Å². The van der Waals surface area contributed by atoms with Gasteiger partial charge < -0.3 is 4.42 Å². The molecule has 0 fully saturated rings. The van der Waals surface area contributed by atoms with Crippen molar-refractivity contribution >= 4 is 44.4 Å². The molecule has 2 aromatic carbocycles. The monoisotopic (exact) mass is 388 g/mol. The minimum atomic E-state index is -0.168. The molecule has 0 saturated carbocycles. The first kappa shape index (κ1) is 18.2. The Morgan fingerprint density at radius 3 is 2.46 bits per heavy atom. The molecule has 0 N–H and O–H groups in total. The van der Waals surface area contributed by atoms with Crippen molar-refractivity contribution in [2.24, 2.45) is 0 Å². The Hall–Kier alpha value is -3.18. The number of furan rings is 1. The minimum absolute atomic E-state index is 0.168. The molecule has 4 nitrogen and oxygen atoms in total. The molecule has 0 radical (unpaired) electrons. The van der Waals surface area contributed by atoms with Crippen LogP contribution in [-0.2, 0) is 4.79 Å². The first-order valence-corrected chi connectivity index (χ1v) is 9.84. The van der Waals surface area contributed by atoms with E-state index in [0.717, 1.165) is 32.8 Å². The number of nitrogens with zero attached hydrogens (tertiary/aromatic N) is 2. The lowest BCUT2D eigenvalue weighted by atomic mass is 10.1. The largest absolute Gasteiger partial charge is 0.462 e. The maximum atomic E-state index is 13.2. The Labute approximate surface area is 167 Å². The molecule has 4 rings (SSSR count). The highest BCUT2D eigenvalue weighted by atomic mass is 32.1. The average molecular weight is 388 g/mol. The number of amides is 1. The van der Waals surface area contributed by atoms with E-state index in [4.69, 9.17) is 9.40 Å². The number of para-hydroxylation sites is 1. The van der Waals surface area contributed by atoms with Crippen LogP contribution >= 0.6 is 11.3 Å². The first-order valence-electron chi connectivity index (χ1n) is 9.02. The van der Waals surface area contributed by atoms with Gasteiger partial charge in [0.1, 0.15) is 11.5 Å². The van der Waals surface area contributed by atoms with E-state index in [1.54, 1.807) is 11.0 Å². The van der Waals surface area contributed by atoms with Gasteiger partial charge in [-0.05, 0) is 74.4 Å². The third-order valence-electron chi connectivity index (χ3n) is 4.31. The van der Waals surface area contributed by atoms with Crippen LogP contribution in [0.1, 0.15) is 22.6 Å². The van der Waals surface area contributed by atoms with Gasteiger partial charge in [0.05, 0.1) is 15.9 Å². The summed E-state index contributed by atoms with van der Waals surface area (Å²) in [6, 6.07) is 17.7. The van der Waals surface area contributed by atoms with E-state index in [0.29, 0.717) is 10.9 Å². The van der Waals surface area contributed by atoms with Crippen LogP contribution in [0.2, 0.25) is 0 Å². The van der Waals surface area contributed by atoms with E-state index in [1.165, 1.54) is 17.4 Å². The molecule has 0 aliphatic heterocycles. The molecule has 2 heterocycles. The maximum absolute atomic E-state index is 13.2. The second-order valence-electron chi connectivity index (χ2n) is 6.77. The second kappa shape index (κ2) is 7.44. The van der Waals surface area contributed by atoms with Crippen LogP contribution in [-0.4, -0.2) is 10.9 Å². The van der Waals surface area contributed by atoms with Gasteiger partial charge in [-0.25, -0.2) is 4.98 Å². The molecule has 0 atom stereocenters. The third kappa shape index (κ3) is 3.75. The predicted molar refractivity (Wildman–Crippen MR) is 115 cm³/mol. The number of fused-ring (bicyclic) bond motifs is 1. The molecular formula is C23H20N2O2S. The standard InChI is InChI=1S/C23H20N2O2S/c1-15-12-16(2)14-18(13-15)25(22(26)11-10-19-9-8-17(3)27-19)23-24-20-6-4-5-7-21(20)28-23/h4-14H,1-3H3/b11-10+. The van der Waals surface area contributed by atoms with Crippen LogP contribution < -0.4 is 4.90 Å². The van der Waals surface area contributed by atoms with Gasteiger partial charge in [0.15, 0.2) is 5.13 Å². The molecule has 0 bridgehead atoms. The quantitative estimate of drug-likeness (QED) is 0.391. The number of hydrogen-bond acceptors (Lipinski definition) is 4. The van der Waals surface area contributed by atoms with E-state index in [-0.39, 0.29) is 5.91 Å². The van der Waals surface area contributed by atoms with Crippen molar-refractivity contribution in [3.8, 4) is 0 Å². The van der Waals surface area contributed by atoms with Gasteiger partial charge in [0.25, 0.3) is 5.91 Å². The van der Waals surface area contributed by atoms with Gasteiger partial charge in [0.2, 0.25) is 0 Å². The summed E-state index contributed by atoms with van der Waals surface area (Å²) < 4.78 is 6.59. The fourth-order valence-corrected chi connectivity index (χ4v) is 4.13. The van der Waals surface area contributed by atoms with Gasteiger partial charge in [-0.15, -0.1) is 0 Å². The van der Waals surface area contributed by atoms with Crippen LogP contribution in [0.5, 0.6) is 0 Å². The van der Waals surface area contributed by atoms with Gasteiger partial charge in [-0.1, -0.05) is 29.5 Å². The number of carbonyl (C=O) groups excluding carboxylic acids is 1. The molecule has 1 amide bonds. The Morgan fingerprint density at radius 2 is 1.79 bits per heavy atom. The number of benzene rings is 2. The summed E-state index contributed by atoms with van der Waals surface area (Å²) in [7, 11) is 0. The van der Waals surface area contributed by atoms with Crippen LogP contribution in [0.15, 0.2) is 65.1 Å². The number of aromatic nitrogens is 1. The number of aryl methyl sites for hydroxylation is 3. The zero-order valence-electron chi connectivity index (χ0n) is 16.0. The molecule has 0 unspecified atom stereocenters. The molecule has 28 heavy (non-hydrogen) atoms. The third-order valence-corrected chi connectivity index (χ3v) is 5.33. The molecule has 0 spiro atoms. The highest BCUT2D eigenvalue weighted by Gasteiger charge is 2.20. The number of carbonyl (C=O) groups is 1. The SMILES string of the molecule is Cc1cc(C)cc(N(C(=O)/C=C/c2ccc(C)o2)c2nc3ccccc3s2)c1. The summed E-state index contributed by atoms with van der Waals surface area (Å²) in [5.74, 6) is 1.29. The van der Waals surface area contributed by atoms with E-state index >= 15 is 0 Å². The first-order chi connectivity index (χ1) is 13.5.